The molecule has 0 aromatic heterocycles. The first kappa shape index (κ1) is 21.5. The minimum atomic E-state index is -0.624. The van der Waals surface area contributed by atoms with Gasteiger partial charge in [-0.05, 0) is 55.7 Å². The van der Waals surface area contributed by atoms with E-state index in [1.54, 1.807) is 18.2 Å². The Hall–Kier alpha value is -2.77. The molecule has 31 heavy (non-hydrogen) atoms. The van der Waals surface area contributed by atoms with Crippen molar-refractivity contribution >= 4 is 17.7 Å². The van der Waals surface area contributed by atoms with Gasteiger partial charge in [-0.15, -0.1) is 0 Å². The number of carbonyl (C=O) groups is 3. The molecule has 1 aromatic carbocycles. The van der Waals surface area contributed by atoms with Crippen LogP contribution < -0.4 is 20.1 Å². The molecule has 168 valence electrons. The molecule has 3 amide bonds. The Bertz CT molecular complexity index is 844. The van der Waals surface area contributed by atoms with Crippen molar-refractivity contribution in [2.45, 2.75) is 58.0 Å². The number of rotatable bonds is 7. The van der Waals surface area contributed by atoms with Crippen molar-refractivity contribution in [1.29, 1.82) is 0 Å². The molecule has 8 heteroatoms. The predicted molar refractivity (Wildman–Crippen MR) is 114 cm³/mol. The third-order valence-corrected chi connectivity index (χ3v) is 6.07. The van der Waals surface area contributed by atoms with Gasteiger partial charge in [0.25, 0.3) is 5.91 Å². The molecule has 1 saturated carbocycles. The van der Waals surface area contributed by atoms with Crippen LogP contribution in [0.3, 0.4) is 0 Å². The van der Waals surface area contributed by atoms with E-state index in [9.17, 15) is 14.4 Å². The maximum atomic E-state index is 13.0. The molecule has 1 aliphatic carbocycles. The summed E-state index contributed by atoms with van der Waals surface area (Å²) in [5.74, 6) is 1.16. The fourth-order valence-electron chi connectivity index (χ4n) is 4.14. The molecule has 3 aliphatic rings. The van der Waals surface area contributed by atoms with Crippen LogP contribution in [0.15, 0.2) is 18.2 Å². The van der Waals surface area contributed by atoms with Crippen molar-refractivity contribution in [2.75, 3.05) is 19.9 Å². The molecule has 0 spiro atoms. The van der Waals surface area contributed by atoms with Crippen molar-refractivity contribution in [3.05, 3.63) is 23.8 Å². The molecule has 4 rings (SSSR count). The Kier molecular flexibility index (Phi) is 6.34. The van der Waals surface area contributed by atoms with Crippen molar-refractivity contribution in [1.82, 2.24) is 15.5 Å². The highest BCUT2D eigenvalue weighted by molar-refractivity contribution is 5.98. The first-order chi connectivity index (χ1) is 14.9. The Balaban J connectivity index is 1.42. The maximum Gasteiger partial charge on any atom is 0.252 e. The van der Waals surface area contributed by atoms with Gasteiger partial charge in [0.1, 0.15) is 6.04 Å². The molecule has 1 unspecified atom stereocenters. The van der Waals surface area contributed by atoms with E-state index in [1.165, 1.54) is 0 Å². The minimum Gasteiger partial charge on any atom is -0.454 e. The number of carbonyl (C=O) groups excluding carboxylic acids is 3. The molecule has 0 bridgehead atoms. The normalized spacial score (nSPS) is 19.3. The summed E-state index contributed by atoms with van der Waals surface area (Å²) in [5, 5.41) is 5.98. The molecule has 2 N–H and O–H groups in total. The SMILES string of the molecule is CC(C)CC(=O)N1CCC(C(NC(=O)c2ccc3c(c2)OCO3)C(=O)NC2CC2)CC1. The number of nitrogens with one attached hydrogen (secondary N) is 2. The molecule has 8 nitrogen and oxygen atoms in total. The van der Waals surface area contributed by atoms with Crippen LogP contribution >= 0.6 is 0 Å². The number of hydrogen-bond donors (Lipinski definition) is 2. The lowest BCUT2D eigenvalue weighted by Crippen LogP contribution is -2.54. The van der Waals surface area contributed by atoms with E-state index < -0.39 is 6.04 Å². The van der Waals surface area contributed by atoms with Gasteiger partial charge in [0.2, 0.25) is 18.6 Å². The first-order valence-electron chi connectivity index (χ1n) is 11.2. The Labute approximate surface area is 182 Å². The molecule has 0 radical (unpaired) electrons. The number of nitrogens with zero attached hydrogens (tertiary/aromatic N) is 1. The van der Waals surface area contributed by atoms with Gasteiger partial charge in [-0.25, -0.2) is 0 Å². The lowest BCUT2D eigenvalue weighted by molar-refractivity contribution is -0.133. The minimum absolute atomic E-state index is 0.0141. The second kappa shape index (κ2) is 9.16. The van der Waals surface area contributed by atoms with Crippen LogP contribution in [-0.4, -0.2) is 54.6 Å². The lowest BCUT2D eigenvalue weighted by atomic mass is 9.88. The molecule has 1 saturated heterocycles. The van der Waals surface area contributed by atoms with Gasteiger partial charge >= 0.3 is 0 Å². The number of hydrogen-bond acceptors (Lipinski definition) is 5. The Morgan fingerprint density at radius 3 is 2.45 bits per heavy atom. The van der Waals surface area contributed by atoms with E-state index in [0.717, 1.165) is 12.8 Å². The number of piperidine rings is 1. The Morgan fingerprint density at radius 2 is 1.77 bits per heavy atom. The van der Waals surface area contributed by atoms with Crippen LogP contribution in [-0.2, 0) is 9.59 Å². The van der Waals surface area contributed by atoms with Crippen LogP contribution in [0, 0.1) is 11.8 Å². The van der Waals surface area contributed by atoms with Gasteiger partial charge in [0.15, 0.2) is 11.5 Å². The van der Waals surface area contributed by atoms with E-state index in [4.69, 9.17) is 9.47 Å². The number of fused-ring (bicyclic) bond motifs is 1. The summed E-state index contributed by atoms with van der Waals surface area (Å²) < 4.78 is 10.7. The van der Waals surface area contributed by atoms with Gasteiger partial charge in [-0.2, -0.15) is 0 Å². The third kappa shape index (κ3) is 5.29. The fourth-order valence-corrected chi connectivity index (χ4v) is 4.14. The van der Waals surface area contributed by atoms with Crippen LogP contribution in [0.2, 0.25) is 0 Å². The highest BCUT2D eigenvalue weighted by Crippen LogP contribution is 2.32. The summed E-state index contributed by atoms with van der Waals surface area (Å²) in [5.41, 5.74) is 0.429. The van der Waals surface area contributed by atoms with E-state index in [0.29, 0.717) is 55.3 Å². The molecule has 2 fully saturated rings. The monoisotopic (exact) mass is 429 g/mol. The summed E-state index contributed by atoms with van der Waals surface area (Å²) in [6, 6.07) is 4.60. The molecule has 1 atom stereocenters. The zero-order valence-corrected chi connectivity index (χ0v) is 18.2. The molecular weight excluding hydrogens is 398 g/mol. The predicted octanol–water partition coefficient (Wildman–Crippen LogP) is 2.08. The second-order valence-corrected chi connectivity index (χ2v) is 9.12. The van der Waals surface area contributed by atoms with Crippen LogP contribution in [0.25, 0.3) is 0 Å². The summed E-state index contributed by atoms with van der Waals surface area (Å²) in [4.78, 5) is 40.2. The Morgan fingerprint density at radius 1 is 1.06 bits per heavy atom. The zero-order valence-electron chi connectivity index (χ0n) is 18.2. The van der Waals surface area contributed by atoms with Crippen molar-refractivity contribution < 1.29 is 23.9 Å². The average Bonchev–Trinajstić information content (AvgIpc) is 3.43. The maximum absolute atomic E-state index is 13.0. The molecule has 1 aromatic rings. The van der Waals surface area contributed by atoms with Crippen molar-refractivity contribution in [2.24, 2.45) is 11.8 Å². The largest absolute Gasteiger partial charge is 0.454 e. The first-order valence-corrected chi connectivity index (χ1v) is 11.2. The lowest BCUT2D eigenvalue weighted by Gasteiger charge is -2.36. The van der Waals surface area contributed by atoms with E-state index in [1.807, 2.05) is 18.7 Å². The van der Waals surface area contributed by atoms with Crippen molar-refractivity contribution in [3.8, 4) is 11.5 Å². The number of amides is 3. The van der Waals surface area contributed by atoms with Crippen molar-refractivity contribution in [3.63, 3.8) is 0 Å². The van der Waals surface area contributed by atoms with Crippen LogP contribution in [0.4, 0.5) is 0 Å². The standard InChI is InChI=1S/C23H31N3O5/c1-14(2)11-20(27)26-9-7-15(8-10-26)21(23(29)24-17-4-5-17)25-22(28)16-3-6-18-19(12-16)31-13-30-18/h3,6,12,14-15,17,21H,4-5,7-11,13H2,1-2H3,(H,24,29)(H,25,28). The topological polar surface area (TPSA) is 97.0 Å². The summed E-state index contributed by atoms with van der Waals surface area (Å²) in [6.45, 7) is 5.44. The molecular formula is C23H31N3O5. The van der Waals surface area contributed by atoms with Gasteiger partial charge < -0.3 is 25.0 Å². The summed E-state index contributed by atoms with van der Waals surface area (Å²) in [7, 11) is 0. The molecule has 2 aliphatic heterocycles. The summed E-state index contributed by atoms with van der Waals surface area (Å²) in [6.07, 6.45) is 3.88. The quantitative estimate of drug-likeness (QED) is 0.692. The van der Waals surface area contributed by atoms with Gasteiger partial charge in [0, 0.05) is 31.1 Å². The van der Waals surface area contributed by atoms with E-state index in [2.05, 4.69) is 10.6 Å². The average molecular weight is 430 g/mol. The summed E-state index contributed by atoms with van der Waals surface area (Å²) >= 11 is 0. The second-order valence-electron chi connectivity index (χ2n) is 9.12. The third-order valence-electron chi connectivity index (χ3n) is 6.07. The van der Waals surface area contributed by atoms with E-state index >= 15 is 0 Å². The highest BCUT2D eigenvalue weighted by Gasteiger charge is 2.36. The smallest absolute Gasteiger partial charge is 0.252 e. The number of benzene rings is 1. The van der Waals surface area contributed by atoms with Crippen LogP contribution in [0.1, 0.15) is 56.3 Å². The van der Waals surface area contributed by atoms with Crippen LogP contribution in [0.5, 0.6) is 11.5 Å². The van der Waals surface area contributed by atoms with Gasteiger partial charge in [0.05, 0.1) is 0 Å². The fraction of sp³-hybridized carbons (Fsp3) is 0.609. The number of likely N-dealkylation sites (tertiary alicyclic amines) is 1. The molecule has 2 heterocycles. The van der Waals surface area contributed by atoms with E-state index in [-0.39, 0.29) is 36.5 Å². The highest BCUT2D eigenvalue weighted by atomic mass is 16.7. The zero-order chi connectivity index (χ0) is 22.0. The van der Waals surface area contributed by atoms with Gasteiger partial charge in [-0.3, -0.25) is 14.4 Å². The van der Waals surface area contributed by atoms with Gasteiger partial charge in [-0.1, -0.05) is 13.8 Å². The number of ether oxygens (including phenoxy) is 2.